The lowest BCUT2D eigenvalue weighted by Crippen LogP contribution is -1.91. The number of fused-ring (bicyclic) bond motifs is 1. The Kier molecular flexibility index (Phi) is 2.29. The summed E-state index contributed by atoms with van der Waals surface area (Å²) in [5.74, 6) is 0.168. The van der Waals surface area contributed by atoms with Gasteiger partial charge < -0.3 is 0 Å². The van der Waals surface area contributed by atoms with Crippen molar-refractivity contribution in [1.29, 1.82) is 0 Å². The first-order chi connectivity index (χ1) is 6.31. The Balaban J connectivity index is 2.39. The molecule has 66 valence electrons. The van der Waals surface area contributed by atoms with Gasteiger partial charge in [-0.25, -0.2) is 0 Å². The van der Waals surface area contributed by atoms with Crippen LogP contribution in [0.25, 0.3) is 10.1 Å². The van der Waals surface area contributed by atoms with Crippen molar-refractivity contribution in [3.05, 3.63) is 34.4 Å². The second kappa shape index (κ2) is 3.44. The van der Waals surface area contributed by atoms with Gasteiger partial charge in [0, 0.05) is 21.9 Å². The number of ketones is 1. The van der Waals surface area contributed by atoms with E-state index in [4.69, 9.17) is 0 Å². The van der Waals surface area contributed by atoms with E-state index >= 15 is 0 Å². The number of carbonyl (C=O) groups is 1. The molecule has 0 amide bonds. The summed E-state index contributed by atoms with van der Waals surface area (Å²) in [6, 6.07) is 1.96. The molecular weight excluding hydrogens is 200 g/mol. The second-order valence-corrected chi connectivity index (χ2v) is 4.55. The van der Waals surface area contributed by atoms with Crippen molar-refractivity contribution in [3.63, 3.8) is 0 Å². The van der Waals surface area contributed by atoms with Crippen LogP contribution in [0.4, 0.5) is 0 Å². The lowest BCUT2D eigenvalue weighted by Gasteiger charge is -1.88. The van der Waals surface area contributed by atoms with Crippen molar-refractivity contribution < 1.29 is 4.79 Å². The van der Waals surface area contributed by atoms with Crippen molar-refractivity contribution in [1.82, 2.24) is 0 Å². The number of carbonyl (C=O) groups excluding carboxylic acids is 1. The molecule has 1 nitrogen and oxygen atoms in total. The van der Waals surface area contributed by atoms with Gasteiger partial charge in [0.2, 0.25) is 0 Å². The van der Waals surface area contributed by atoms with Crippen molar-refractivity contribution in [2.75, 3.05) is 0 Å². The van der Waals surface area contributed by atoms with Gasteiger partial charge in [-0.15, -0.1) is 17.9 Å². The molecule has 0 fully saturated rings. The average molecular weight is 208 g/mol. The number of rotatable bonds is 3. The summed E-state index contributed by atoms with van der Waals surface area (Å²) in [7, 11) is 0. The van der Waals surface area contributed by atoms with Gasteiger partial charge in [0.15, 0.2) is 5.78 Å². The minimum absolute atomic E-state index is 0.168. The van der Waals surface area contributed by atoms with E-state index in [9.17, 15) is 4.79 Å². The third-order valence-electron chi connectivity index (χ3n) is 1.77. The van der Waals surface area contributed by atoms with E-state index in [1.54, 1.807) is 28.7 Å². The first kappa shape index (κ1) is 8.66. The van der Waals surface area contributed by atoms with Crippen LogP contribution in [0.1, 0.15) is 16.1 Å². The molecule has 0 aliphatic heterocycles. The topological polar surface area (TPSA) is 17.1 Å². The molecule has 0 unspecified atom stereocenters. The molecule has 0 aliphatic carbocycles. The number of hydrogen-bond acceptors (Lipinski definition) is 3. The minimum atomic E-state index is 0.168. The predicted octanol–water partition coefficient (Wildman–Crippen LogP) is 3.72. The Morgan fingerprint density at radius 1 is 1.54 bits per heavy atom. The third kappa shape index (κ3) is 1.57. The lowest BCUT2D eigenvalue weighted by molar-refractivity contribution is 0.1000. The van der Waals surface area contributed by atoms with Crippen LogP contribution in [0.3, 0.4) is 0 Å². The normalized spacial score (nSPS) is 10.5. The molecule has 2 aromatic rings. The highest BCUT2D eigenvalue weighted by Gasteiger charge is 2.08. The van der Waals surface area contributed by atoms with Crippen molar-refractivity contribution in [3.8, 4) is 0 Å². The Labute approximate surface area is 84.3 Å². The fourth-order valence-corrected chi connectivity index (χ4v) is 3.10. The zero-order valence-corrected chi connectivity index (χ0v) is 8.58. The van der Waals surface area contributed by atoms with Crippen LogP contribution in [0.5, 0.6) is 0 Å². The largest absolute Gasteiger partial charge is 0.293 e. The molecule has 0 N–H and O–H groups in total. The van der Waals surface area contributed by atoms with E-state index < -0.39 is 0 Å². The van der Waals surface area contributed by atoms with E-state index in [-0.39, 0.29) is 5.78 Å². The summed E-state index contributed by atoms with van der Waals surface area (Å²) in [6.45, 7) is 3.55. The molecule has 2 aromatic heterocycles. The third-order valence-corrected chi connectivity index (χ3v) is 3.82. The quantitative estimate of drug-likeness (QED) is 0.555. The molecule has 0 radical (unpaired) electrons. The Morgan fingerprint density at radius 2 is 2.38 bits per heavy atom. The SMILES string of the molecule is C=CCC(=O)c1cc2cscc2s1. The maximum atomic E-state index is 11.5. The number of allylic oxidation sites excluding steroid dienone is 1. The summed E-state index contributed by atoms with van der Waals surface area (Å²) in [6.07, 6.45) is 2.09. The predicted molar refractivity (Wildman–Crippen MR) is 58.8 cm³/mol. The molecule has 0 aromatic carbocycles. The van der Waals surface area contributed by atoms with Gasteiger partial charge in [0.1, 0.15) is 0 Å². The molecule has 2 rings (SSSR count). The first-order valence-corrected chi connectivity index (χ1v) is 5.67. The fourth-order valence-electron chi connectivity index (χ4n) is 1.14. The van der Waals surface area contributed by atoms with E-state index in [2.05, 4.69) is 17.3 Å². The van der Waals surface area contributed by atoms with Gasteiger partial charge in [0.05, 0.1) is 4.88 Å². The molecule has 0 saturated heterocycles. The molecule has 13 heavy (non-hydrogen) atoms. The smallest absolute Gasteiger partial charge is 0.176 e. The van der Waals surface area contributed by atoms with Gasteiger partial charge in [0.25, 0.3) is 0 Å². The van der Waals surface area contributed by atoms with Crippen LogP contribution < -0.4 is 0 Å². The first-order valence-electron chi connectivity index (χ1n) is 3.91. The number of Topliss-reactive ketones (excluding diaryl/α,β-unsaturated/α-hetero) is 1. The summed E-state index contributed by atoms with van der Waals surface area (Å²) >= 11 is 3.24. The average Bonchev–Trinajstić information content (AvgIpc) is 2.61. The molecule has 3 heteroatoms. The standard InChI is InChI=1S/C10H8OS2/c1-2-3-8(11)9-4-7-5-12-6-10(7)13-9/h2,4-6H,1,3H2. The van der Waals surface area contributed by atoms with Gasteiger partial charge in [-0.1, -0.05) is 6.08 Å². The molecular formula is C10H8OS2. The Hall–Kier alpha value is -0.930. The maximum Gasteiger partial charge on any atom is 0.176 e. The van der Waals surface area contributed by atoms with Crippen LogP contribution in [0, 0.1) is 0 Å². The van der Waals surface area contributed by atoms with Crippen LogP contribution in [-0.4, -0.2) is 5.78 Å². The summed E-state index contributed by atoms with van der Waals surface area (Å²) in [4.78, 5) is 12.3. The molecule has 0 atom stereocenters. The monoisotopic (exact) mass is 208 g/mol. The van der Waals surface area contributed by atoms with Crippen LogP contribution in [0.2, 0.25) is 0 Å². The van der Waals surface area contributed by atoms with Gasteiger partial charge in [-0.3, -0.25) is 4.79 Å². The van der Waals surface area contributed by atoms with Crippen LogP contribution >= 0.6 is 22.7 Å². The lowest BCUT2D eigenvalue weighted by atomic mass is 10.2. The highest BCUT2D eigenvalue weighted by Crippen LogP contribution is 2.29. The van der Waals surface area contributed by atoms with E-state index in [1.165, 1.54) is 10.1 Å². The highest BCUT2D eigenvalue weighted by atomic mass is 32.1. The van der Waals surface area contributed by atoms with Crippen LogP contribution in [-0.2, 0) is 0 Å². The zero-order chi connectivity index (χ0) is 9.26. The Morgan fingerprint density at radius 3 is 3.08 bits per heavy atom. The second-order valence-electron chi connectivity index (χ2n) is 2.72. The molecule has 0 bridgehead atoms. The summed E-state index contributed by atoms with van der Waals surface area (Å²) in [5.41, 5.74) is 0. The fraction of sp³-hybridized carbons (Fsp3) is 0.100. The van der Waals surface area contributed by atoms with Crippen LogP contribution in [0.15, 0.2) is 29.5 Å². The summed E-state index contributed by atoms with van der Waals surface area (Å²) in [5, 5.41) is 5.32. The van der Waals surface area contributed by atoms with Gasteiger partial charge >= 0.3 is 0 Å². The van der Waals surface area contributed by atoms with E-state index in [0.29, 0.717) is 6.42 Å². The van der Waals surface area contributed by atoms with E-state index in [0.717, 1.165) is 4.88 Å². The van der Waals surface area contributed by atoms with E-state index in [1.807, 2.05) is 6.07 Å². The molecule has 0 aliphatic rings. The molecule has 0 saturated carbocycles. The van der Waals surface area contributed by atoms with Gasteiger partial charge in [-0.2, -0.15) is 11.3 Å². The van der Waals surface area contributed by atoms with Crippen molar-refractivity contribution in [2.45, 2.75) is 6.42 Å². The number of thiophene rings is 2. The molecule has 2 heterocycles. The Bertz CT molecular complexity index is 422. The van der Waals surface area contributed by atoms with Crippen molar-refractivity contribution in [2.24, 2.45) is 0 Å². The summed E-state index contributed by atoms with van der Waals surface area (Å²) < 4.78 is 1.21. The van der Waals surface area contributed by atoms with Crippen molar-refractivity contribution >= 4 is 38.5 Å². The minimum Gasteiger partial charge on any atom is -0.293 e. The molecule has 0 spiro atoms. The zero-order valence-electron chi connectivity index (χ0n) is 6.95. The maximum absolute atomic E-state index is 11.5. The number of hydrogen-bond donors (Lipinski definition) is 0. The van der Waals surface area contributed by atoms with Gasteiger partial charge in [-0.05, 0) is 11.4 Å². The highest BCUT2D eigenvalue weighted by molar-refractivity contribution is 7.24.